The molecule has 6 atom stereocenters. The Morgan fingerprint density at radius 3 is 2.73 bits per heavy atom. The van der Waals surface area contributed by atoms with Crippen LogP contribution in [0.25, 0.3) is 0 Å². The van der Waals surface area contributed by atoms with Crippen LogP contribution in [0.1, 0.15) is 46.0 Å². The average Bonchev–Trinajstić information content (AvgIpc) is 2.91. The number of hydrogen-bond acceptors (Lipinski definition) is 4. The quantitative estimate of drug-likeness (QED) is 0.608. The Kier molecular flexibility index (Phi) is 3.83. The number of ketones is 2. The van der Waals surface area contributed by atoms with Crippen LogP contribution < -0.4 is 5.32 Å². The number of allylic oxidation sites excluding steroid dienone is 3. The first-order valence-electron chi connectivity index (χ1n) is 9.54. The van der Waals surface area contributed by atoms with Crippen molar-refractivity contribution in [1.82, 2.24) is 5.32 Å². The molecule has 0 radical (unpaired) electrons. The number of nitrogens with one attached hydrogen (secondary N) is 1. The van der Waals surface area contributed by atoms with Gasteiger partial charge in [-0.05, 0) is 61.2 Å². The van der Waals surface area contributed by atoms with Crippen LogP contribution in [0.2, 0.25) is 0 Å². The molecule has 1 unspecified atom stereocenters. The zero-order chi connectivity index (χ0) is 18.7. The third-order valence-corrected chi connectivity index (χ3v) is 7.74. The van der Waals surface area contributed by atoms with Gasteiger partial charge in [0.1, 0.15) is 5.78 Å². The van der Waals surface area contributed by atoms with Crippen LogP contribution in [-0.4, -0.2) is 29.8 Å². The molecule has 5 heteroatoms. The molecule has 3 fully saturated rings. The van der Waals surface area contributed by atoms with E-state index < -0.39 is 5.91 Å². The molecule has 0 aromatic carbocycles. The van der Waals surface area contributed by atoms with Crippen LogP contribution in [0, 0.1) is 28.6 Å². The van der Waals surface area contributed by atoms with E-state index >= 15 is 0 Å². The number of carbonyl (C=O) groups is 4. The van der Waals surface area contributed by atoms with Crippen LogP contribution in [0.15, 0.2) is 23.8 Å². The van der Waals surface area contributed by atoms with Crippen molar-refractivity contribution < 1.29 is 19.2 Å². The molecule has 138 valence electrons. The number of hydrogen-bond donors (Lipinski definition) is 1. The Labute approximate surface area is 153 Å². The van der Waals surface area contributed by atoms with Gasteiger partial charge in [0, 0.05) is 17.3 Å². The first-order chi connectivity index (χ1) is 12.3. The Bertz CT molecular complexity index is 766. The lowest BCUT2D eigenvalue weighted by molar-refractivity contribution is -0.134. The highest BCUT2D eigenvalue weighted by Crippen LogP contribution is 2.63. The fraction of sp³-hybridized carbons (Fsp3) is 0.619. The molecule has 0 spiro atoms. The maximum absolute atomic E-state index is 12.5. The third kappa shape index (κ3) is 2.29. The maximum Gasteiger partial charge on any atom is 0.284 e. The molecular formula is C21H25NO4. The van der Waals surface area contributed by atoms with Gasteiger partial charge in [-0.2, -0.15) is 0 Å². The summed E-state index contributed by atoms with van der Waals surface area (Å²) >= 11 is 0. The summed E-state index contributed by atoms with van der Waals surface area (Å²) in [4.78, 5) is 47.2. The van der Waals surface area contributed by atoms with E-state index in [4.69, 9.17) is 0 Å². The van der Waals surface area contributed by atoms with Crippen molar-refractivity contribution in [3.8, 4) is 0 Å². The zero-order valence-electron chi connectivity index (χ0n) is 15.3. The van der Waals surface area contributed by atoms with Crippen LogP contribution >= 0.6 is 0 Å². The van der Waals surface area contributed by atoms with E-state index in [1.54, 1.807) is 12.2 Å². The normalized spacial score (nSPS) is 43.8. The summed E-state index contributed by atoms with van der Waals surface area (Å²) in [6.07, 6.45) is 9.62. The van der Waals surface area contributed by atoms with Crippen LogP contribution in [0.5, 0.6) is 0 Å². The van der Waals surface area contributed by atoms with Crippen molar-refractivity contribution in [1.29, 1.82) is 0 Å². The molecule has 3 saturated carbocycles. The molecule has 4 aliphatic carbocycles. The van der Waals surface area contributed by atoms with E-state index in [9.17, 15) is 19.2 Å². The maximum atomic E-state index is 12.5. The minimum atomic E-state index is -0.653. The minimum Gasteiger partial charge on any atom is -0.343 e. The largest absolute Gasteiger partial charge is 0.343 e. The lowest BCUT2D eigenvalue weighted by Gasteiger charge is -2.57. The molecule has 4 aliphatic rings. The van der Waals surface area contributed by atoms with Gasteiger partial charge < -0.3 is 5.32 Å². The summed E-state index contributed by atoms with van der Waals surface area (Å²) < 4.78 is 0. The minimum absolute atomic E-state index is 0.0713. The summed E-state index contributed by atoms with van der Waals surface area (Å²) in [5.41, 5.74) is 0.339. The van der Waals surface area contributed by atoms with Gasteiger partial charge in [-0.1, -0.05) is 19.9 Å². The van der Waals surface area contributed by atoms with E-state index in [1.165, 1.54) is 0 Å². The highest BCUT2D eigenvalue weighted by molar-refractivity contribution is 6.23. The molecule has 26 heavy (non-hydrogen) atoms. The van der Waals surface area contributed by atoms with Gasteiger partial charge >= 0.3 is 0 Å². The lowest BCUT2D eigenvalue weighted by atomic mass is 9.47. The molecule has 1 amide bonds. The molecule has 0 aromatic rings. The fourth-order valence-corrected chi connectivity index (χ4v) is 6.40. The van der Waals surface area contributed by atoms with Crippen molar-refractivity contribution in [2.75, 3.05) is 0 Å². The highest BCUT2D eigenvalue weighted by Gasteiger charge is 2.60. The topological polar surface area (TPSA) is 80.3 Å². The molecule has 1 N–H and O–H groups in total. The van der Waals surface area contributed by atoms with Crippen LogP contribution in [0.3, 0.4) is 0 Å². The van der Waals surface area contributed by atoms with Crippen LogP contribution in [0.4, 0.5) is 0 Å². The molecular weight excluding hydrogens is 330 g/mol. The van der Waals surface area contributed by atoms with E-state index in [1.807, 2.05) is 6.08 Å². The van der Waals surface area contributed by atoms with Gasteiger partial charge in [0.15, 0.2) is 5.78 Å². The van der Waals surface area contributed by atoms with Crippen LogP contribution in [-0.2, 0) is 19.2 Å². The second-order valence-corrected chi connectivity index (χ2v) is 8.83. The van der Waals surface area contributed by atoms with E-state index in [0.717, 1.165) is 24.8 Å². The zero-order valence-corrected chi connectivity index (χ0v) is 15.3. The van der Waals surface area contributed by atoms with Crippen molar-refractivity contribution in [3.63, 3.8) is 0 Å². The van der Waals surface area contributed by atoms with Gasteiger partial charge in [-0.3, -0.25) is 19.2 Å². The van der Waals surface area contributed by atoms with Gasteiger partial charge in [-0.25, -0.2) is 0 Å². The monoisotopic (exact) mass is 355 g/mol. The summed E-state index contributed by atoms with van der Waals surface area (Å²) in [6.45, 7) is 4.24. The van der Waals surface area contributed by atoms with Gasteiger partial charge in [0.25, 0.3) is 5.91 Å². The van der Waals surface area contributed by atoms with Crippen molar-refractivity contribution >= 4 is 23.8 Å². The number of fused-ring (bicyclic) bond motifs is 5. The first kappa shape index (κ1) is 17.4. The number of carbonyl (C=O) groups excluding carboxylic acids is 4. The second-order valence-electron chi connectivity index (χ2n) is 8.83. The van der Waals surface area contributed by atoms with Gasteiger partial charge in [0.05, 0.1) is 6.04 Å². The smallest absolute Gasteiger partial charge is 0.284 e. The lowest BCUT2D eigenvalue weighted by Crippen LogP contribution is -2.56. The van der Waals surface area contributed by atoms with E-state index in [-0.39, 0.29) is 28.9 Å². The molecule has 4 rings (SSSR count). The number of rotatable bonds is 2. The Hall–Kier alpha value is -2.04. The standard InChI is InChI=1S/C21H25NO4/c1-20-7-5-12(24)9-16(20)17(22-19(26)11-23)10-13-14-3-4-18(25)21(14,2)8-6-15(13)20/h5,7,9,11,13-15,17H,3-4,6,8,10H2,1-2H3,(H,22,26)/t13-,14-,15-,17?,20+,21-/m0/s1. The molecule has 0 bridgehead atoms. The van der Waals surface area contributed by atoms with Crippen molar-refractivity contribution in [2.24, 2.45) is 28.6 Å². The fourth-order valence-electron chi connectivity index (χ4n) is 6.40. The van der Waals surface area contributed by atoms with Crippen molar-refractivity contribution in [2.45, 2.75) is 52.0 Å². The summed E-state index contributed by atoms with van der Waals surface area (Å²) in [5.74, 6) is 0.616. The average molecular weight is 355 g/mol. The Morgan fingerprint density at radius 1 is 1.23 bits per heavy atom. The number of amides is 1. The van der Waals surface area contributed by atoms with E-state index in [2.05, 4.69) is 19.2 Å². The summed E-state index contributed by atoms with van der Waals surface area (Å²) in [6, 6.07) is -0.328. The van der Waals surface area contributed by atoms with Crippen molar-refractivity contribution in [3.05, 3.63) is 23.8 Å². The number of Topliss-reactive ketones (excluding diaryl/α,β-unsaturated/α-hetero) is 1. The first-order valence-corrected chi connectivity index (χ1v) is 9.54. The molecule has 0 aromatic heterocycles. The molecule has 0 heterocycles. The molecule has 0 saturated heterocycles. The van der Waals surface area contributed by atoms with Gasteiger partial charge in [-0.15, -0.1) is 0 Å². The predicted octanol–water partition coefficient (Wildman–Crippen LogP) is 2.16. The summed E-state index contributed by atoms with van der Waals surface area (Å²) in [7, 11) is 0. The highest BCUT2D eigenvalue weighted by atomic mass is 16.2. The van der Waals surface area contributed by atoms with E-state index in [0.29, 0.717) is 36.4 Å². The SMILES string of the molecule is C[C@]12C=CC(=O)C=C1C(NC(=O)C=O)C[C@@H]1[C@@H]2CC[C@]2(C)C(=O)CC[C@@H]12. The predicted molar refractivity (Wildman–Crippen MR) is 95.0 cm³/mol. The summed E-state index contributed by atoms with van der Waals surface area (Å²) in [5, 5.41) is 2.80. The molecule has 5 nitrogen and oxygen atoms in total. The number of aldehydes is 1. The molecule has 0 aliphatic heterocycles. The van der Waals surface area contributed by atoms with Gasteiger partial charge in [0.2, 0.25) is 6.29 Å². The second kappa shape index (κ2) is 5.73. The third-order valence-electron chi connectivity index (χ3n) is 7.74. The Balaban J connectivity index is 1.75. The Morgan fingerprint density at radius 2 is 2.00 bits per heavy atom.